The number of phenolic OH excluding ortho intramolecular Hbond substituents is 1. The van der Waals surface area contributed by atoms with E-state index in [0.717, 1.165) is 44.5 Å². The predicted octanol–water partition coefficient (Wildman–Crippen LogP) is 4.89. The second kappa shape index (κ2) is 17.9. The van der Waals surface area contributed by atoms with Crippen molar-refractivity contribution in [2.45, 2.75) is 98.0 Å². The monoisotopic (exact) mass is 809 g/mol. The van der Waals surface area contributed by atoms with E-state index < -0.39 is 47.2 Å². The van der Waals surface area contributed by atoms with Gasteiger partial charge in [0.25, 0.3) is 5.91 Å². The summed E-state index contributed by atoms with van der Waals surface area (Å²) in [7, 11) is 3.19. The summed E-state index contributed by atoms with van der Waals surface area (Å²) in [6.07, 6.45) is 3.04. The van der Waals surface area contributed by atoms with E-state index in [1.807, 2.05) is 39.0 Å². The number of pyridine rings is 1. The van der Waals surface area contributed by atoms with Gasteiger partial charge in [-0.25, -0.2) is 5.43 Å². The molecule has 4 heterocycles. The largest absolute Gasteiger partial charge is 0.508 e. The van der Waals surface area contributed by atoms with Gasteiger partial charge in [-0.15, -0.1) is 0 Å². The average molecular weight is 810 g/mol. The third-order valence-electron chi connectivity index (χ3n) is 11.6. The number of carbonyl (C=O) groups excluding carboxylic acids is 4. The van der Waals surface area contributed by atoms with Crippen molar-refractivity contribution in [3.8, 4) is 28.1 Å². The molecule has 316 valence electrons. The molecule has 0 saturated carbocycles. The van der Waals surface area contributed by atoms with Gasteiger partial charge in [0.05, 0.1) is 30.6 Å². The Morgan fingerprint density at radius 1 is 1.14 bits per heavy atom. The summed E-state index contributed by atoms with van der Waals surface area (Å²) < 4.78 is 14.1. The van der Waals surface area contributed by atoms with Gasteiger partial charge in [-0.2, -0.15) is 0 Å². The number of methoxy groups -OCH3 is 1. The number of likely N-dealkylation sites (N-methyl/N-ethyl adjacent to an activating group) is 1. The maximum Gasteiger partial charge on any atom is 0.324 e. The minimum Gasteiger partial charge on any atom is -0.508 e. The van der Waals surface area contributed by atoms with Crippen LogP contribution in [0.1, 0.15) is 77.3 Å². The highest BCUT2D eigenvalue weighted by Gasteiger charge is 2.37. The molecule has 0 spiro atoms. The van der Waals surface area contributed by atoms with Crippen molar-refractivity contribution < 1.29 is 33.8 Å². The SMILES string of the molecule is CCn1c(-c2cccnc2[C@H](C)OC)c2c3cc(ccc31)-c1cc(O)cc(c1)C[C@H](NC(=O)[C@H](C(C)C)N(C)C(=O)CN)C(=O)N1CCC[C@H](N1)C(=O)OCC(C)(C)C2. The van der Waals surface area contributed by atoms with Gasteiger partial charge in [0, 0.05) is 61.7 Å². The summed E-state index contributed by atoms with van der Waals surface area (Å²) in [4.78, 5) is 61.0. The first-order valence-corrected chi connectivity index (χ1v) is 20.5. The second-order valence-corrected chi connectivity index (χ2v) is 16.9. The average Bonchev–Trinajstić information content (AvgIpc) is 3.52. The summed E-state index contributed by atoms with van der Waals surface area (Å²) in [6.45, 7) is 12.7. The van der Waals surface area contributed by atoms with Crippen molar-refractivity contribution in [1.29, 1.82) is 0 Å². The van der Waals surface area contributed by atoms with E-state index in [2.05, 4.69) is 54.3 Å². The second-order valence-electron chi connectivity index (χ2n) is 16.9. The number of nitrogens with two attached hydrogens (primary N) is 1. The molecule has 14 heteroatoms. The van der Waals surface area contributed by atoms with Gasteiger partial charge < -0.3 is 35.1 Å². The van der Waals surface area contributed by atoms with Crippen LogP contribution in [0, 0.1) is 11.3 Å². The first-order chi connectivity index (χ1) is 28.1. The zero-order chi connectivity index (χ0) is 42.8. The molecule has 4 atom stereocenters. The van der Waals surface area contributed by atoms with Crippen LogP contribution in [0.4, 0.5) is 0 Å². The molecule has 2 aliphatic rings. The lowest BCUT2D eigenvalue weighted by atomic mass is 9.84. The molecule has 2 aliphatic heterocycles. The number of benzene rings is 2. The van der Waals surface area contributed by atoms with Crippen molar-refractivity contribution in [3.05, 3.63) is 71.5 Å². The fourth-order valence-electron chi connectivity index (χ4n) is 8.55. The van der Waals surface area contributed by atoms with Crippen molar-refractivity contribution in [2.24, 2.45) is 17.1 Å². The molecular weight excluding hydrogens is 751 g/mol. The highest BCUT2D eigenvalue weighted by atomic mass is 16.5. The number of nitrogens with zero attached hydrogens (tertiary/aromatic N) is 4. The number of esters is 1. The van der Waals surface area contributed by atoms with E-state index in [-0.39, 0.29) is 37.3 Å². The van der Waals surface area contributed by atoms with Crippen LogP contribution in [-0.4, -0.2) is 100 Å². The number of carbonyl (C=O) groups is 4. The van der Waals surface area contributed by atoms with Crippen LogP contribution >= 0.6 is 0 Å². The number of cyclic esters (lactones) is 1. The Morgan fingerprint density at radius 3 is 2.59 bits per heavy atom. The molecule has 5 N–H and O–H groups in total. The molecule has 2 aromatic heterocycles. The van der Waals surface area contributed by atoms with Crippen molar-refractivity contribution in [2.75, 3.05) is 33.9 Å². The molecule has 0 radical (unpaired) electrons. The Morgan fingerprint density at radius 2 is 1.90 bits per heavy atom. The van der Waals surface area contributed by atoms with E-state index in [1.165, 1.54) is 17.0 Å². The van der Waals surface area contributed by atoms with Crippen LogP contribution in [0.15, 0.2) is 54.7 Å². The van der Waals surface area contributed by atoms with E-state index in [9.17, 15) is 24.3 Å². The molecule has 4 aromatic rings. The van der Waals surface area contributed by atoms with E-state index in [1.54, 1.807) is 25.4 Å². The molecule has 1 saturated heterocycles. The Bertz CT molecular complexity index is 2220. The van der Waals surface area contributed by atoms with Crippen molar-refractivity contribution >= 4 is 34.6 Å². The summed E-state index contributed by atoms with van der Waals surface area (Å²) >= 11 is 0. The van der Waals surface area contributed by atoms with E-state index in [0.29, 0.717) is 37.9 Å². The number of ether oxygens (including phenoxy) is 2. The number of hydrogen-bond acceptors (Lipinski definition) is 10. The fraction of sp³-hybridized carbons (Fsp3) is 0.489. The maximum atomic E-state index is 14.5. The molecule has 14 nitrogen and oxygen atoms in total. The molecule has 6 rings (SSSR count). The van der Waals surface area contributed by atoms with Crippen LogP contribution in [0.5, 0.6) is 5.75 Å². The standard InChI is InChI=1S/C45H59N7O7/c1-9-51-37-15-14-29-22-33(37)34(41(51)32-12-10-16-47-39(32)27(4)58-8)23-45(5,6)25-59-44(57)35-13-11-17-52(49-35)43(56)36(20-28-18-30(29)21-31(53)19-28)48-42(55)40(26(2)3)50(7)38(54)24-46/h10,12,14-16,18-19,21-22,26-27,35-36,40,49,53H,9,11,13,17,20,23-25,46H2,1-8H3,(H,48,55)/t27-,35-,36-,40-/m0/s1. The van der Waals surface area contributed by atoms with Gasteiger partial charge in [-0.3, -0.25) is 29.2 Å². The summed E-state index contributed by atoms with van der Waals surface area (Å²) in [5.74, 6) is -2.18. The summed E-state index contributed by atoms with van der Waals surface area (Å²) in [5, 5.41) is 16.5. The molecule has 0 aliphatic carbocycles. The molecular formula is C45H59N7O7. The molecule has 6 bridgehead atoms. The molecule has 59 heavy (non-hydrogen) atoms. The number of rotatable bonds is 9. The number of phenols is 1. The lowest BCUT2D eigenvalue weighted by Crippen LogP contribution is -2.62. The third kappa shape index (κ3) is 9.14. The lowest BCUT2D eigenvalue weighted by Gasteiger charge is -2.36. The van der Waals surface area contributed by atoms with Crippen LogP contribution in [0.3, 0.4) is 0 Å². The van der Waals surface area contributed by atoms with Crippen LogP contribution < -0.4 is 16.5 Å². The van der Waals surface area contributed by atoms with Crippen LogP contribution in [0.25, 0.3) is 33.3 Å². The van der Waals surface area contributed by atoms with Crippen molar-refractivity contribution in [3.63, 3.8) is 0 Å². The minimum atomic E-state index is -1.13. The molecule has 3 amide bonds. The Kier molecular flexibility index (Phi) is 13.1. The number of hydrazine groups is 1. The minimum absolute atomic E-state index is 0.00139. The molecule has 0 unspecified atom stereocenters. The number of hydrogen-bond donors (Lipinski definition) is 4. The van der Waals surface area contributed by atoms with Gasteiger partial charge >= 0.3 is 5.97 Å². The first-order valence-electron chi connectivity index (χ1n) is 20.5. The lowest BCUT2D eigenvalue weighted by molar-refractivity contribution is -0.155. The molecule has 2 aromatic carbocycles. The van der Waals surface area contributed by atoms with Gasteiger partial charge in [0.15, 0.2) is 0 Å². The van der Waals surface area contributed by atoms with Gasteiger partial charge in [0.1, 0.15) is 23.9 Å². The first kappa shape index (κ1) is 43.3. The highest BCUT2D eigenvalue weighted by molar-refractivity contribution is 5.96. The number of aromatic nitrogens is 2. The number of aromatic hydroxyl groups is 1. The predicted molar refractivity (Wildman–Crippen MR) is 226 cm³/mol. The Hall–Kier alpha value is -5.31. The Balaban J connectivity index is 1.52. The number of fused-ring (bicyclic) bond motifs is 6. The maximum absolute atomic E-state index is 14.5. The van der Waals surface area contributed by atoms with E-state index in [4.69, 9.17) is 20.2 Å². The molecule has 1 fully saturated rings. The number of aryl methyl sites for hydroxylation is 1. The zero-order valence-electron chi connectivity index (χ0n) is 35.5. The van der Waals surface area contributed by atoms with Crippen LogP contribution in [0.2, 0.25) is 0 Å². The normalized spacial score (nSPS) is 19.5. The zero-order valence-corrected chi connectivity index (χ0v) is 35.5. The fourth-order valence-corrected chi connectivity index (χ4v) is 8.55. The van der Waals surface area contributed by atoms with E-state index >= 15 is 0 Å². The Labute approximate surface area is 346 Å². The van der Waals surface area contributed by atoms with Gasteiger partial charge in [-0.05, 0) is 97.7 Å². The number of nitrogens with one attached hydrogen (secondary N) is 2. The smallest absolute Gasteiger partial charge is 0.324 e. The van der Waals surface area contributed by atoms with Gasteiger partial charge in [-0.1, -0.05) is 39.8 Å². The summed E-state index contributed by atoms with van der Waals surface area (Å²) in [6, 6.07) is 12.6. The highest BCUT2D eigenvalue weighted by Crippen LogP contribution is 2.42. The topological polar surface area (TPSA) is 181 Å². The summed E-state index contributed by atoms with van der Waals surface area (Å²) in [5.41, 5.74) is 15.2. The van der Waals surface area contributed by atoms with Crippen molar-refractivity contribution in [1.82, 2.24) is 30.2 Å². The third-order valence-corrected chi connectivity index (χ3v) is 11.6. The quantitative estimate of drug-likeness (QED) is 0.170. The number of amides is 3. The van der Waals surface area contributed by atoms with Gasteiger partial charge in [0.2, 0.25) is 11.8 Å². The van der Waals surface area contributed by atoms with Crippen LogP contribution in [-0.2, 0) is 48.0 Å².